The van der Waals surface area contributed by atoms with E-state index in [9.17, 15) is 14.4 Å². The Bertz CT molecular complexity index is 1620. The highest BCUT2D eigenvalue weighted by Crippen LogP contribution is 2.29. The van der Waals surface area contributed by atoms with E-state index >= 15 is 0 Å². The zero-order valence-electron chi connectivity index (χ0n) is 24.5. The van der Waals surface area contributed by atoms with Crippen LogP contribution in [0.2, 0.25) is 0 Å². The van der Waals surface area contributed by atoms with Crippen LogP contribution in [0.3, 0.4) is 0 Å². The Hall–Kier alpha value is -4.56. The van der Waals surface area contributed by atoms with Gasteiger partial charge in [-0.25, -0.2) is 4.98 Å². The maximum Gasteiger partial charge on any atom is 0.293 e. The van der Waals surface area contributed by atoms with Crippen LogP contribution in [0.4, 0.5) is 17.2 Å². The lowest BCUT2D eigenvalue weighted by molar-refractivity contribution is -0.116. The lowest BCUT2D eigenvalue weighted by atomic mass is 9.86. The molecule has 1 heterocycles. The first-order valence-corrected chi connectivity index (χ1v) is 13.6. The number of amides is 1. The molecule has 0 bridgehead atoms. The van der Waals surface area contributed by atoms with Crippen LogP contribution >= 0.6 is 0 Å². The van der Waals surface area contributed by atoms with E-state index in [0.29, 0.717) is 30.0 Å². The van der Waals surface area contributed by atoms with Gasteiger partial charge in [-0.2, -0.15) is 0 Å². The molecule has 0 spiro atoms. The molecule has 0 saturated heterocycles. The van der Waals surface area contributed by atoms with Gasteiger partial charge in [0.05, 0.1) is 12.2 Å². The molecule has 0 saturated carbocycles. The first-order chi connectivity index (χ1) is 19.4. The minimum absolute atomic E-state index is 0.00823. The van der Waals surface area contributed by atoms with Crippen molar-refractivity contribution in [2.45, 2.75) is 46.6 Å². The number of hydrogen-bond donors (Lipinski definition) is 3. The Morgan fingerprint density at radius 3 is 2.27 bits per heavy atom. The van der Waals surface area contributed by atoms with Gasteiger partial charge < -0.3 is 20.5 Å². The van der Waals surface area contributed by atoms with Crippen molar-refractivity contribution >= 4 is 28.9 Å². The third-order valence-corrected chi connectivity index (χ3v) is 6.86. The molecule has 3 aromatic carbocycles. The maximum absolute atomic E-state index is 13.0. The van der Waals surface area contributed by atoms with Crippen LogP contribution in [-0.4, -0.2) is 27.8 Å². The summed E-state index contributed by atoms with van der Waals surface area (Å²) >= 11 is 0. The number of hydrogen-bond acceptors (Lipinski definition) is 6. The number of rotatable bonds is 9. The second-order valence-corrected chi connectivity index (χ2v) is 11.3. The number of carbonyl (C=O) groups excluding carboxylic acids is 2. The van der Waals surface area contributed by atoms with Crippen molar-refractivity contribution in [3.8, 4) is 11.3 Å². The van der Waals surface area contributed by atoms with Crippen molar-refractivity contribution in [2.24, 2.45) is 7.05 Å². The molecule has 0 unspecified atom stereocenters. The molecule has 1 aromatic heterocycles. The Morgan fingerprint density at radius 2 is 1.63 bits per heavy atom. The monoisotopic (exact) mass is 551 g/mol. The van der Waals surface area contributed by atoms with Crippen molar-refractivity contribution in [3.63, 3.8) is 0 Å². The van der Waals surface area contributed by atoms with Gasteiger partial charge in [0.1, 0.15) is 5.78 Å². The van der Waals surface area contributed by atoms with Crippen molar-refractivity contribution < 1.29 is 9.59 Å². The van der Waals surface area contributed by atoms with E-state index < -0.39 is 0 Å². The molecule has 0 aliphatic rings. The van der Waals surface area contributed by atoms with Gasteiger partial charge in [0, 0.05) is 42.3 Å². The number of anilines is 3. The normalized spacial score (nSPS) is 11.3. The van der Waals surface area contributed by atoms with E-state index in [1.165, 1.54) is 4.57 Å². The third-order valence-electron chi connectivity index (χ3n) is 6.86. The standard InChI is InChI=1S/C33H37N5O3/c1-21(39)18-34-19-23-10-16-26(17-11-23)35-30-32(41)38(6)20-29(36-30)27-8-7-9-28(22(27)2)37-31(40)24-12-14-25(15-13-24)33(3,4)5/h7-17,20,34H,18-19H2,1-6H3,(H,35,36)(H,37,40). The predicted molar refractivity (Wildman–Crippen MR) is 165 cm³/mol. The van der Waals surface area contributed by atoms with Crippen LogP contribution in [-0.2, 0) is 23.8 Å². The molecule has 0 aliphatic heterocycles. The van der Waals surface area contributed by atoms with Gasteiger partial charge in [-0.1, -0.05) is 57.2 Å². The average molecular weight is 552 g/mol. The van der Waals surface area contributed by atoms with Gasteiger partial charge in [-0.05, 0) is 66.3 Å². The van der Waals surface area contributed by atoms with Crippen LogP contribution in [0.1, 0.15) is 54.7 Å². The minimum Gasteiger partial charge on any atom is -0.336 e. The molecular weight excluding hydrogens is 514 g/mol. The fraction of sp³-hybridized carbons (Fsp3) is 0.273. The second kappa shape index (κ2) is 12.3. The molecule has 0 fully saturated rings. The molecule has 212 valence electrons. The summed E-state index contributed by atoms with van der Waals surface area (Å²) in [6, 6.07) is 20.9. The topological polar surface area (TPSA) is 105 Å². The van der Waals surface area contributed by atoms with Crippen molar-refractivity contribution in [2.75, 3.05) is 17.2 Å². The van der Waals surface area contributed by atoms with Crippen LogP contribution in [0.5, 0.6) is 0 Å². The summed E-state index contributed by atoms with van der Waals surface area (Å²) in [5.74, 6) is 0.0841. The van der Waals surface area contributed by atoms with E-state index in [1.807, 2.05) is 73.7 Å². The van der Waals surface area contributed by atoms with E-state index in [1.54, 1.807) is 20.2 Å². The van der Waals surface area contributed by atoms with Crippen molar-refractivity contribution in [1.29, 1.82) is 0 Å². The summed E-state index contributed by atoms with van der Waals surface area (Å²) in [5, 5.41) is 9.25. The molecule has 1 amide bonds. The Kier molecular flexibility index (Phi) is 8.83. The second-order valence-electron chi connectivity index (χ2n) is 11.3. The molecule has 41 heavy (non-hydrogen) atoms. The largest absolute Gasteiger partial charge is 0.336 e. The Balaban J connectivity index is 1.54. The summed E-state index contributed by atoms with van der Waals surface area (Å²) in [5.41, 5.74) is 6.14. The SMILES string of the molecule is CC(=O)CNCc1ccc(Nc2nc(-c3cccc(NC(=O)c4ccc(C(C)(C)C)cc4)c3C)cn(C)c2=O)cc1. The molecule has 4 aromatic rings. The number of aromatic nitrogens is 2. The molecule has 0 aliphatic carbocycles. The van der Waals surface area contributed by atoms with Gasteiger partial charge in [-0.15, -0.1) is 0 Å². The number of Topliss-reactive ketones (excluding diaryl/α,β-unsaturated/α-hetero) is 1. The predicted octanol–water partition coefficient (Wildman–Crippen LogP) is 5.73. The smallest absolute Gasteiger partial charge is 0.293 e. The number of benzene rings is 3. The highest BCUT2D eigenvalue weighted by atomic mass is 16.2. The average Bonchev–Trinajstić information content (AvgIpc) is 2.92. The fourth-order valence-electron chi connectivity index (χ4n) is 4.41. The summed E-state index contributed by atoms with van der Waals surface area (Å²) in [7, 11) is 1.69. The van der Waals surface area contributed by atoms with Gasteiger partial charge in [0.25, 0.3) is 11.5 Å². The van der Waals surface area contributed by atoms with E-state index in [4.69, 9.17) is 0 Å². The van der Waals surface area contributed by atoms with Gasteiger partial charge in [0.2, 0.25) is 0 Å². The molecule has 4 rings (SSSR count). The van der Waals surface area contributed by atoms with Gasteiger partial charge in [0.15, 0.2) is 5.82 Å². The van der Waals surface area contributed by atoms with E-state index in [0.717, 1.165) is 27.9 Å². The molecular formula is C33H37N5O3. The summed E-state index contributed by atoms with van der Waals surface area (Å²) in [6.07, 6.45) is 1.69. The van der Waals surface area contributed by atoms with Crippen molar-refractivity contribution in [3.05, 3.63) is 106 Å². The number of nitrogens with zero attached hydrogens (tertiary/aromatic N) is 2. The van der Waals surface area contributed by atoms with Crippen LogP contribution in [0, 0.1) is 6.92 Å². The first kappa shape index (κ1) is 29.4. The van der Waals surface area contributed by atoms with Gasteiger partial charge >= 0.3 is 0 Å². The number of aryl methyl sites for hydroxylation is 1. The van der Waals surface area contributed by atoms with E-state index in [-0.39, 0.29) is 28.5 Å². The zero-order valence-corrected chi connectivity index (χ0v) is 24.5. The first-order valence-electron chi connectivity index (χ1n) is 13.6. The lowest BCUT2D eigenvalue weighted by Crippen LogP contribution is -2.22. The van der Waals surface area contributed by atoms with Gasteiger partial charge in [-0.3, -0.25) is 14.4 Å². The minimum atomic E-state index is -0.262. The summed E-state index contributed by atoms with van der Waals surface area (Å²) in [6.45, 7) is 10.8. The highest BCUT2D eigenvalue weighted by molar-refractivity contribution is 6.05. The maximum atomic E-state index is 13.0. The molecule has 0 atom stereocenters. The quantitative estimate of drug-likeness (QED) is 0.246. The molecule has 8 heteroatoms. The number of nitrogens with one attached hydrogen (secondary N) is 3. The lowest BCUT2D eigenvalue weighted by Gasteiger charge is -2.19. The fourth-order valence-corrected chi connectivity index (χ4v) is 4.41. The Morgan fingerprint density at radius 1 is 0.951 bits per heavy atom. The molecule has 0 radical (unpaired) electrons. The Labute approximate surface area is 240 Å². The van der Waals surface area contributed by atoms with Crippen LogP contribution < -0.4 is 21.5 Å². The van der Waals surface area contributed by atoms with E-state index in [2.05, 4.69) is 41.7 Å². The third kappa shape index (κ3) is 7.35. The van der Waals surface area contributed by atoms with Crippen LogP contribution in [0.25, 0.3) is 11.3 Å². The zero-order chi connectivity index (χ0) is 29.7. The number of ketones is 1. The van der Waals surface area contributed by atoms with Crippen LogP contribution in [0.15, 0.2) is 77.7 Å². The number of carbonyl (C=O) groups is 2. The molecule has 3 N–H and O–H groups in total. The summed E-state index contributed by atoms with van der Waals surface area (Å²) in [4.78, 5) is 41.7. The van der Waals surface area contributed by atoms with Crippen molar-refractivity contribution in [1.82, 2.24) is 14.9 Å². The molecule has 8 nitrogen and oxygen atoms in total. The highest BCUT2D eigenvalue weighted by Gasteiger charge is 2.16. The summed E-state index contributed by atoms with van der Waals surface area (Å²) < 4.78 is 1.49.